The Bertz CT molecular complexity index is 435. The molecule has 1 aromatic rings. The molecule has 2 N–H and O–H groups in total. The van der Waals surface area contributed by atoms with E-state index < -0.39 is 23.1 Å². The van der Waals surface area contributed by atoms with E-state index in [2.05, 4.69) is 5.32 Å². The Morgan fingerprint density at radius 3 is 2.72 bits per heavy atom. The van der Waals surface area contributed by atoms with Gasteiger partial charge in [-0.05, 0) is 30.9 Å². The van der Waals surface area contributed by atoms with Crippen molar-refractivity contribution in [3.63, 3.8) is 0 Å². The SMILES string of the molecule is Cc1ccc(F)c(C(=O)NCC(C)CCO)c1F. The lowest BCUT2D eigenvalue weighted by Crippen LogP contribution is -2.30. The van der Waals surface area contributed by atoms with Gasteiger partial charge in [0.2, 0.25) is 0 Å². The smallest absolute Gasteiger partial charge is 0.257 e. The number of amides is 1. The van der Waals surface area contributed by atoms with E-state index in [1.54, 1.807) is 0 Å². The normalized spacial score (nSPS) is 12.3. The fourth-order valence-electron chi connectivity index (χ4n) is 1.54. The van der Waals surface area contributed by atoms with Gasteiger partial charge in [-0.3, -0.25) is 4.79 Å². The van der Waals surface area contributed by atoms with Gasteiger partial charge in [0.25, 0.3) is 5.91 Å². The van der Waals surface area contributed by atoms with E-state index in [0.717, 1.165) is 6.07 Å². The molecule has 18 heavy (non-hydrogen) atoms. The van der Waals surface area contributed by atoms with Gasteiger partial charge in [0.05, 0.1) is 0 Å². The molecule has 0 fully saturated rings. The predicted octanol–water partition coefficient (Wildman–Crippen LogP) is 2.02. The average Bonchev–Trinajstić information content (AvgIpc) is 2.32. The maximum absolute atomic E-state index is 13.6. The highest BCUT2D eigenvalue weighted by atomic mass is 19.1. The third-order valence-corrected chi connectivity index (χ3v) is 2.74. The summed E-state index contributed by atoms with van der Waals surface area (Å²) in [4.78, 5) is 11.7. The molecule has 0 aliphatic rings. The summed E-state index contributed by atoms with van der Waals surface area (Å²) in [6, 6.07) is 2.36. The molecule has 0 spiro atoms. The first-order chi connectivity index (χ1) is 8.47. The number of aryl methyl sites for hydroxylation is 1. The largest absolute Gasteiger partial charge is 0.396 e. The van der Waals surface area contributed by atoms with E-state index in [4.69, 9.17) is 5.11 Å². The molecule has 1 rings (SSSR count). The minimum Gasteiger partial charge on any atom is -0.396 e. The molecular formula is C13H17F2NO2. The van der Waals surface area contributed by atoms with Crippen molar-refractivity contribution in [3.8, 4) is 0 Å². The third-order valence-electron chi connectivity index (χ3n) is 2.74. The second kappa shape index (κ2) is 6.44. The highest BCUT2D eigenvalue weighted by Gasteiger charge is 2.19. The van der Waals surface area contributed by atoms with Crippen molar-refractivity contribution in [3.05, 3.63) is 34.9 Å². The van der Waals surface area contributed by atoms with Gasteiger partial charge < -0.3 is 10.4 Å². The Labute approximate surface area is 105 Å². The maximum atomic E-state index is 13.6. The number of halogens is 2. The number of rotatable bonds is 5. The van der Waals surface area contributed by atoms with Gasteiger partial charge in [-0.2, -0.15) is 0 Å². The van der Waals surface area contributed by atoms with Crippen LogP contribution in [0.2, 0.25) is 0 Å². The van der Waals surface area contributed by atoms with Crippen molar-refractivity contribution < 1.29 is 18.7 Å². The Hall–Kier alpha value is -1.49. The Morgan fingerprint density at radius 1 is 1.44 bits per heavy atom. The molecule has 1 aromatic carbocycles. The van der Waals surface area contributed by atoms with Crippen LogP contribution in [0.3, 0.4) is 0 Å². The van der Waals surface area contributed by atoms with Crippen LogP contribution in [-0.4, -0.2) is 24.2 Å². The van der Waals surface area contributed by atoms with Crippen molar-refractivity contribution >= 4 is 5.91 Å². The lowest BCUT2D eigenvalue weighted by atomic mass is 10.1. The lowest BCUT2D eigenvalue weighted by molar-refractivity contribution is 0.0936. The minimum absolute atomic E-state index is 0.0181. The summed E-state index contributed by atoms with van der Waals surface area (Å²) >= 11 is 0. The second-order valence-corrected chi connectivity index (χ2v) is 4.38. The molecule has 0 aromatic heterocycles. The number of benzene rings is 1. The van der Waals surface area contributed by atoms with Gasteiger partial charge in [-0.1, -0.05) is 13.0 Å². The molecule has 0 aliphatic carbocycles. The first-order valence-electron chi connectivity index (χ1n) is 5.81. The summed E-state index contributed by atoms with van der Waals surface area (Å²) in [5.74, 6) is -2.42. The van der Waals surface area contributed by atoms with E-state index in [1.165, 1.54) is 13.0 Å². The third kappa shape index (κ3) is 3.50. The molecule has 0 heterocycles. The van der Waals surface area contributed by atoms with E-state index in [0.29, 0.717) is 6.42 Å². The van der Waals surface area contributed by atoms with Crippen molar-refractivity contribution in [2.24, 2.45) is 5.92 Å². The van der Waals surface area contributed by atoms with E-state index in [9.17, 15) is 13.6 Å². The van der Waals surface area contributed by atoms with Crippen LogP contribution in [0.4, 0.5) is 8.78 Å². The summed E-state index contributed by atoms with van der Waals surface area (Å²) in [6.07, 6.45) is 0.527. The number of carbonyl (C=O) groups is 1. The number of hydrogen-bond donors (Lipinski definition) is 2. The molecule has 0 aliphatic heterocycles. The zero-order valence-corrected chi connectivity index (χ0v) is 10.5. The number of aliphatic hydroxyl groups excluding tert-OH is 1. The summed E-state index contributed by atoms with van der Waals surface area (Å²) in [7, 11) is 0. The van der Waals surface area contributed by atoms with Gasteiger partial charge in [0, 0.05) is 13.2 Å². The van der Waals surface area contributed by atoms with Crippen molar-refractivity contribution in [2.45, 2.75) is 20.3 Å². The molecule has 0 saturated heterocycles. The monoisotopic (exact) mass is 257 g/mol. The van der Waals surface area contributed by atoms with Crippen LogP contribution in [-0.2, 0) is 0 Å². The fraction of sp³-hybridized carbons (Fsp3) is 0.462. The zero-order valence-electron chi connectivity index (χ0n) is 10.5. The predicted molar refractivity (Wildman–Crippen MR) is 64.3 cm³/mol. The van der Waals surface area contributed by atoms with Crippen LogP contribution >= 0.6 is 0 Å². The quantitative estimate of drug-likeness (QED) is 0.848. The van der Waals surface area contributed by atoms with Crippen LogP contribution in [0.25, 0.3) is 0 Å². The second-order valence-electron chi connectivity index (χ2n) is 4.38. The maximum Gasteiger partial charge on any atom is 0.257 e. The summed E-state index contributed by atoms with van der Waals surface area (Å²) in [5.41, 5.74) is -0.323. The van der Waals surface area contributed by atoms with Crippen LogP contribution in [0, 0.1) is 24.5 Å². The van der Waals surface area contributed by atoms with Crippen LogP contribution in [0.1, 0.15) is 29.3 Å². The number of nitrogens with one attached hydrogen (secondary N) is 1. The molecule has 100 valence electrons. The van der Waals surface area contributed by atoms with Gasteiger partial charge in [-0.15, -0.1) is 0 Å². The molecule has 1 atom stereocenters. The van der Waals surface area contributed by atoms with E-state index in [-0.39, 0.29) is 24.6 Å². The molecule has 1 amide bonds. The van der Waals surface area contributed by atoms with Crippen LogP contribution < -0.4 is 5.32 Å². The van der Waals surface area contributed by atoms with E-state index in [1.807, 2.05) is 6.92 Å². The number of hydrogen-bond acceptors (Lipinski definition) is 2. The molecule has 1 unspecified atom stereocenters. The molecular weight excluding hydrogens is 240 g/mol. The molecule has 0 saturated carbocycles. The standard InChI is InChI=1S/C13H17F2NO2/c1-8(5-6-17)7-16-13(18)11-10(14)4-3-9(2)12(11)15/h3-4,8,17H,5-7H2,1-2H3,(H,16,18). The highest BCUT2D eigenvalue weighted by molar-refractivity contribution is 5.94. The zero-order chi connectivity index (χ0) is 13.7. The van der Waals surface area contributed by atoms with Crippen molar-refractivity contribution in [1.82, 2.24) is 5.32 Å². The highest BCUT2D eigenvalue weighted by Crippen LogP contribution is 2.16. The van der Waals surface area contributed by atoms with Crippen molar-refractivity contribution in [2.75, 3.05) is 13.2 Å². The first-order valence-corrected chi connectivity index (χ1v) is 5.81. The minimum atomic E-state index is -0.870. The molecule has 0 bridgehead atoms. The van der Waals surface area contributed by atoms with Gasteiger partial charge in [0.15, 0.2) is 0 Å². The van der Waals surface area contributed by atoms with Crippen LogP contribution in [0.5, 0.6) is 0 Å². The summed E-state index contributed by atoms with van der Waals surface area (Å²) in [6.45, 7) is 3.59. The first kappa shape index (κ1) is 14.6. The number of carbonyl (C=O) groups excluding carboxylic acids is 1. The van der Waals surface area contributed by atoms with Gasteiger partial charge in [-0.25, -0.2) is 8.78 Å². The topological polar surface area (TPSA) is 49.3 Å². The van der Waals surface area contributed by atoms with Gasteiger partial charge >= 0.3 is 0 Å². The molecule has 3 nitrogen and oxygen atoms in total. The number of aliphatic hydroxyl groups is 1. The molecule has 5 heteroatoms. The Balaban J connectivity index is 2.76. The van der Waals surface area contributed by atoms with Crippen LogP contribution in [0.15, 0.2) is 12.1 Å². The Kier molecular flexibility index (Phi) is 5.22. The summed E-state index contributed by atoms with van der Waals surface area (Å²) in [5, 5.41) is 11.2. The fourth-order valence-corrected chi connectivity index (χ4v) is 1.54. The lowest BCUT2D eigenvalue weighted by Gasteiger charge is -2.12. The summed E-state index contributed by atoms with van der Waals surface area (Å²) < 4.78 is 27.1. The van der Waals surface area contributed by atoms with Gasteiger partial charge in [0.1, 0.15) is 17.2 Å². The Morgan fingerprint density at radius 2 is 2.11 bits per heavy atom. The van der Waals surface area contributed by atoms with E-state index >= 15 is 0 Å². The molecule has 0 radical (unpaired) electrons. The average molecular weight is 257 g/mol. The van der Waals surface area contributed by atoms with Crippen molar-refractivity contribution in [1.29, 1.82) is 0 Å².